The number of halogens is 1. The monoisotopic (exact) mass is 464 g/mol. The van der Waals surface area contributed by atoms with Crippen LogP contribution in [0.5, 0.6) is 0 Å². The molecule has 1 aliphatic heterocycles. The van der Waals surface area contributed by atoms with Gasteiger partial charge in [-0.2, -0.15) is 4.72 Å². The lowest BCUT2D eigenvalue weighted by Gasteiger charge is -2.33. The number of carbonyl (C=O) groups excluding carboxylic acids is 1. The summed E-state index contributed by atoms with van der Waals surface area (Å²) < 4.78 is 29.2. The van der Waals surface area contributed by atoms with E-state index in [1.165, 1.54) is 12.1 Å². The van der Waals surface area contributed by atoms with E-state index in [0.717, 1.165) is 22.9 Å². The van der Waals surface area contributed by atoms with Gasteiger partial charge in [0.1, 0.15) is 6.04 Å². The van der Waals surface area contributed by atoms with Crippen molar-refractivity contribution in [2.24, 2.45) is 5.92 Å². The van der Waals surface area contributed by atoms with E-state index in [-0.39, 0.29) is 10.8 Å². The molecule has 1 fully saturated rings. The van der Waals surface area contributed by atoms with Gasteiger partial charge in [-0.3, -0.25) is 4.79 Å². The number of carbonyl (C=O) groups is 1. The van der Waals surface area contributed by atoms with Crippen molar-refractivity contribution in [3.63, 3.8) is 0 Å². The number of amides is 1. The second-order valence-electron chi connectivity index (χ2n) is 7.33. The fourth-order valence-corrected chi connectivity index (χ4v) is 4.80. The van der Waals surface area contributed by atoms with Gasteiger partial charge in [-0.05, 0) is 55.0 Å². The third-order valence-electron chi connectivity index (χ3n) is 5.10. The first-order chi connectivity index (χ1) is 13.3. The van der Waals surface area contributed by atoms with Crippen LogP contribution >= 0.6 is 15.9 Å². The number of nitrogens with one attached hydrogen (secondary N) is 1. The molecule has 1 atom stereocenters. The number of hydrogen-bond donors (Lipinski definition) is 1. The Bertz CT molecular complexity index is 893. The zero-order chi connectivity index (χ0) is 20.1. The van der Waals surface area contributed by atoms with E-state index >= 15 is 0 Å². The Hall–Kier alpha value is -1.70. The Balaban J connectivity index is 1.83. The molecule has 0 saturated carbocycles. The molecule has 28 heavy (non-hydrogen) atoms. The van der Waals surface area contributed by atoms with Gasteiger partial charge >= 0.3 is 0 Å². The molecule has 0 aromatic heterocycles. The van der Waals surface area contributed by atoms with Crippen LogP contribution in [0, 0.1) is 5.92 Å². The Morgan fingerprint density at radius 2 is 1.71 bits per heavy atom. The normalized spacial score (nSPS) is 16.7. The Morgan fingerprint density at radius 3 is 2.32 bits per heavy atom. The summed E-state index contributed by atoms with van der Waals surface area (Å²) in [5.41, 5.74) is 0.921. The number of rotatable bonds is 6. The van der Waals surface area contributed by atoms with Crippen molar-refractivity contribution < 1.29 is 13.2 Å². The summed E-state index contributed by atoms with van der Waals surface area (Å²) in [6.07, 6.45) is 2.22. The molecule has 0 aliphatic carbocycles. The molecule has 0 bridgehead atoms. The molecule has 0 radical (unpaired) electrons. The largest absolute Gasteiger partial charge is 0.341 e. The highest BCUT2D eigenvalue weighted by Gasteiger charge is 2.31. The van der Waals surface area contributed by atoms with Crippen LogP contribution in [-0.2, 0) is 21.2 Å². The average molecular weight is 465 g/mol. The number of likely N-dealkylation sites (tertiary alicyclic amines) is 1. The summed E-state index contributed by atoms with van der Waals surface area (Å²) >= 11 is 3.31. The standard InChI is InChI=1S/C21H25BrN2O3S/c1-16-11-13-24(14-12-16)21(25)20(15-17-5-3-2-4-6-17)23-28(26,27)19-9-7-18(22)8-10-19/h2-10,16,20,23H,11-15H2,1H3/t20-/m1/s1. The van der Waals surface area contributed by atoms with Crippen molar-refractivity contribution in [2.45, 2.75) is 37.1 Å². The molecule has 1 heterocycles. The highest BCUT2D eigenvalue weighted by atomic mass is 79.9. The lowest BCUT2D eigenvalue weighted by molar-refractivity contribution is -0.134. The number of sulfonamides is 1. The van der Waals surface area contributed by atoms with Gasteiger partial charge in [0, 0.05) is 17.6 Å². The van der Waals surface area contributed by atoms with Crippen molar-refractivity contribution in [1.29, 1.82) is 0 Å². The summed E-state index contributed by atoms with van der Waals surface area (Å²) in [6.45, 7) is 3.52. The Labute approximate surface area is 175 Å². The molecule has 0 spiro atoms. The highest BCUT2D eigenvalue weighted by Crippen LogP contribution is 2.19. The summed E-state index contributed by atoms with van der Waals surface area (Å²) in [5, 5.41) is 0. The van der Waals surface area contributed by atoms with Crippen LogP contribution in [-0.4, -0.2) is 38.4 Å². The molecule has 1 saturated heterocycles. The third kappa shape index (κ3) is 5.43. The minimum Gasteiger partial charge on any atom is -0.341 e. The second-order valence-corrected chi connectivity index (χ2v) is 9.95. The van der Waals surface area contributed by atoms with Crippen LogP contribution in [0.15, 0.2) is 64.0 Å². The van der Waals surface area contributed by atoms with Gasteiger partial charge in [-0.1, -0.05) is 53.2 Å². The van der Waals surface area contributed by atoms with Crippen LogP contribution in [0.1, 0.15) is 25.3 Å². The van der Waals surface area contributed by atoms with Crippen molar-refractivity contribution in [3.8, 4) is 0 Å². The van der Waals surface area contributed by atoms with Gasteiger partial charge < -0.3 is 4.90 Å². The molecular formula is C21H25BrN2O3S. The Kier molecular flexibility index (Phi) is 6.91. The zero-order valence-electron chi connectivity index (χ0n) is 15.8. The van der Waals surface area contributed by atoms with E-state index < -0.39 is 16.1 Å². The second kappa shape index (κ2) is 9.20. The lowest BCUT2D eigenvalue weighted by atomic mass is 9.98. The molecule has 7 heteroatoms. The molecule has 2 aromatic rings. The van der Waals surface area contributed by atoms with E-state index in [9.17, 15) is 13.2 Å². The number of hydrogen-bond acceptors (Lipinski definition) is 3. The van der Waals surface area contributed by atoms with E-state index in [1.807, 2.05) is 30.3 Å². The smallest absolute Gasteiger partial charge is 0.241 e. The van der Waals surface area contributed by atoms with Gasteiger partial charge in [0.15, 0.2) is 0 Å². The molecule has 1 amide bonds. The summed E-state index contributed by atoms with van der Waals surface area (Å²) in [6, 6.07) is 15.1. The number of piperidine rings is 1. The van der Waals surface area contributed by atoms with Crippen molar-refractivity contribution in [3.05, 3.63) is 64.6 Å². The molecule has 0 unspecified atom stereocenters. The maximum Gasteiger partial charge on any atom is 0.241 e. The van der Waals surface area contributed by atoms with Gasteiger partial charge in [-0.25, -0.2) is 8.42 Å². The summed E-state index contributed by atoms with van der Waals surface area (Å²) in [5.74, 6) is 0.438. The summed E-state index contributed by atoms with van der Waals surface area (Å²) in [7, 11) is -3.81. The predicted octanol–water partition coefficient (Wildman–Crippen LogP) is 3.60. The molecule has 150 valence electrons. The first kappa shape index (κ1) is 21.0. The topological polar surface area (TPSA) is 66.5 Å². The number of nitrogens with zero attached hydrogens (tertiary/aromatic N) is 1. The fourth-order valence-electron chi connectivity index (χ4n) is 3.35. The molecule has 1 aliphatic rings. The fraction of sp³-hybridized carbons (Fsp3) is 0.381. The van der Waals surface area contributed by atoms with Crippen LogP contribution in [0.25, 0.3) is 0 Å². The van der Waals surface area contributed by atoms with Crippen LogP contribution in [0.2, 0.25) is 0 Å². The van der Waals surface area contributed by atoms with E-state index in [2.05, 4.69) is 27.6 Å². The average Bonchev–Trinajstić information content (AvgIpc) is 2.68. The molecule has 1 N–H and O–H groups in total. The van der Waals surface area contributed by atoms with Gasteiger partial charge in [-0.15, -0.1) is 0 Å². The van der Waals surface area contributed by atoms with Crippen LogP contribution in [0.4, 0.5) is 0 Å². The van der Waals surface area contributed by atoms with Gasteiger partial charge in [0.2, 0.25) is 15.9 Å². The molecule has 3 rings (SSSR count). The number of benzene rings is 2. The van der Waals surface area contributed by atoms with Crippen LogP contribution in [0.3, 0.4) is 0 Å². The van der Waals surface area contributed by atoms with E-state index in [0.29, 0.717) is 25.4 Å². The molecule has 5 nitrogen and oxygen atoms in total. The van der Waals surface area contributed by atoms with Crippen molar-refractivity contribution >= 4 is 31.9 Å². The van der Waals surface area contributed by atoms with E-state index in [1.54, 1.807) is 17.0 Å². The highest BCUT2D eigenvalue weighted by molar-refractivity contribution is 9.10. The minimum absolute atomic E-state index is 0.147. The molecular weight excluding hydrogens is 440 g/mol. The van der Waals surface area contributed by atoms with Crippen molar-refractivity contribution in [2.75, 3.05) is 13.1 Å². The first-order valence-corrected chi connectivity index (χ1v) is 11.7. The molecule has 2 aromatic carbocycles. The Morgan fingerprint density at radius 1 is 1.11 bits per heavy atom. The quantitative estimate of drug-likeness (QED) is 0.709. The minimum atomic E-state index is -3.81. The van der Waals surface area contributed by atoms with Gasteiger partial charge in [0.05, 0.1) is 4.90 Å². The van der Waals surface area contributed by atoms with Crippen molar-refractivity contribution in [1.82, 2.24) is 9.62 Å². The third-order valence-corrected chi connectivity index (χ3v) is 7.11. The lowest BCUT2D eigenvalue weighted by Crippen LogP contribution is -2.51. The van der Waals surface area contributed by atoms with Gasteiger partial charge in [0.25, 0.3) is 0 Å². The van der Waals surface area contributed by atoms with Crippen LogP contribution < -0.4 is 4.72 Å². The predicted molar refractivity (Wildman–Crippen MR) is 113 cm³/mol. The maximum absolute atomic E-state index is 13.2. The van der Waals surface area contributed by atoms with E-state index in [4.69, 9.17) is 0 Å². The summed E-state index contributed by atoms with van der Waals surface area (Å²) in [4.78, 5) is 15.1. The SMILES string of the molecule is CC1CCN(C(=O)[C@@H](Cc2ccccc2)NS(=O)(=O)c2ccc(Br)cc2)CC1. The maximum atomic E-state index is 13.2. The first-order valence-electron chi connectivity index (χ1n) is 9.46. The zero-order valence-corrected chi connectivity index (χ0v) is 18.2.